The van der Waals surface area contributed by atoms with Crippen LogP contribution < -0.4 is 0 Å². The standard InChI is InChI=1S/C15H16BrFO3/c1-2-20-15(19)14(18)12-11(16)8-7-10(13(12)17)9-5-3-4-6-9/h7-9H,2-6H2,1H3. The maximum absolute atomic E-state index is 14.6. The van der Waals surface area contributed by atoms with Gasteiger partial charge in [-0.05, 0) is 53.2 Å². The van der Waals surface area contributed by atoms with Gasteiger partial charge in [0.15, 0.2) is 0 Å². The minimum atomic E-state index is -1.02. The highest BCUT2D eigenvalue weighted by Gasteiger charge is 2.29. The number of carbonyl (C=O) groups excluding carboxylic acids is 2. The number of benzene rings is 1. The van der Waals surface area contributed by atoms with Crippen LogP contribution in [0, 0.1) is 5.82 Å². The first-order valence-electron chi connectivity index (χ1n) is 6.75. The summed E-state index contributed by atoms with van der Waals surface area (Å²) in [5, 5.41) is 0. The van der Waals surface area contributed by atoms with E-state index in [1.807, 2.05) is 0 Å². The normalized spacial score (nSPS) is 15.3. The van der Waals surface area contributed by atoms with E-state index in [2.05, 4.69) is 20.7 Å². The summed E-state index contributed by atoms with van der Waals surface area (Å²) in [6, 6.07) is 3.32. The predicted octanol–water partition coefficient (Wildman–Crippen LogP) is 3.99. The van der Waals surface area contributed by atoms with E-state index in [-0.39, 0.29) is 22.6 Å². The number of ketones is 1. The van der Waals surface area contributed by atoms with Gasteiger partial charge in [0.1, 0.15) is 5.82 Å². The molecular weight excluding hydrogens is 327 g/mol. The first-order chi connectivity index (χ1) is 9.56. The number of hydrogen-bond donors (Lipinski definition) is 0. The van der Waals surface area contributed by atoms with Crippen molar-refractivity contribution < 1.29 is 18.7 Å². The van der Waals surface area contributed by atoms with Crippen LogP contribution >= 0.6 is 15.9 Å². The number of Topliss-reactive ketones (excluding diaryl/α,β-unsaturated/α-hetero) is 1. The predicted molar refractivity (Wildman–Crippen MR) is 76.3 cm³/mol. The van der Waals surface area contributed by atoms with Gasteiger partial charge < -0.3 is 4.74 Å². The van der Waals surface area contributed by atoms with E-state index >= 15 is 0 Å². The van der Waals surface area contributed by atoms with Gasteiger partial charge in [-0.25, -0.2) is 9.18 Å². The van der Waals surface area contributed by atoms with Gasteiger partial charge >= 0.3 is 5.97 Å². The molecule has 1 aromatic carbocycles. The zero-order valence-electron chi connectivity index (χ0n) is 11.2. The Morgan fingerprint density at radius 1 is 1.35 bits per heavy atom. The molecule has 3 nitrogen and oxygen atoms in total. The second-order valence-corrected chi connectivity index (χ2v) is 5.71. The van der Waals surface area contributed by atoms with Gasteiger partial charge in [0.05, 0.1) is 12.2 Å². The van der Waals surface area contributed by atoms with Gasteiger partial charge in [-0.2, -0.15) is 0 Å². The highest BCUT2D eigenvalue weighted by Crippen LogP contribution is 2.37. The molecule has 1 aliphatic rings. The van der Waals surface area contributed by atoms with Crippen LogP contribution in [0.1, 0.15) is 54.4 Å². The topological polar surface area (TPSA) is 43.4 Å². The van der Waals surface area contributed by atoms with E-state index in [1.54, 1.807) is 19.1 Å². The molecule has 1 aromatic rings. The second-order valence-electron chi connectivity index (χ2n) is 4.86. The van der Waals surface area contributed by atoms with E-state index in [0.29, 0.717) is 5.56 Å². The van der Waals surface area contributed by atoms with E-state index < -0.39 is 17.6 Å². The molecule has 0 spiro atoms. The minimum Gasteiger partial charge on any atom is -0.460 e. The van der Waals surface area contributed by atoms with Gasteiger partial charge in [-0.3, -0.25) is 4.79 Å². The molecule has 0 N–H and O–H groups in total. The van der Waals surface area contributed by atoms with Gasteiger partial charge in [0.2, 0.25) is 0 Å². The van der Waals surface area contributed by atoms with Crippen molar-refractivity contribution >= 4 is 27.7 Å². The average Bonchev–Trinajstić information content (AvgIpc) is 2.92. The molecule has 0 unspecified atom stereocenters. The number of rotatable bonds is 4. The van der Waals surface area contributed by atoms with Crippen molar-refractivity contribution in [2.45, 2.75) is 38.5 Å². The molecule has 0 heterocycles. The van der Waals surface area contributed by atoms with Gasteiger partial charge in [0, 0.05) is 4.47 Å². The number of hydrogen-bond acceptors (Lipinski definition) is 3. The Morgan fingerprint density at radius 2 is 2.00 bits per heavy atom. The van der Waals surface area contributed by atoms with Crippen molar-refractivity contribution in [3.05, 3.63) is 33.5 Å². The maximum Gasteiger partial charge on any atom is 0.379 e. The first kappa shape index (κ1) is 15.2. The number of ether oxygens (including phenoxy) is 1. The molecule has 0 bridgehead atoms. The van der Waals surface area contributed by atoms with E-state index in [1.165, 1.54) is 0 Å². The van der Waals surface area contributed by atoms with Crippen LogP contribution in [0.2, 0.25) is 0 Å². The summed E-state index contributed by atoms with van der Waals surface area (Å²) < 4.78 is 19.5. The van der Waals surface area contributed by atoms with Crippen molar-refractivity contribution in [1.29, 1.82) is 0 Å². The molecule has 5 heteroatoms. The number of halogens is 2. The monoisotopic (exact) mass is 342 g/mol. The van der Waals surface area contributed by atoms with Crippen molar-refractivity contribution in [3.8, 4) is 0 Å². The molecule has 0 amide bonds. The fourth-order valence-corrected chi connectivity index (χ4v) is 3.11. The van der Waals surface area contributed by atoms with Crippen LogP contribution in [-0.4, -0.2) is 18.4 Å². The molecule has 108 valence electrons. The smallest absolute Gasteiger partial charge is 0.379 e. The molecule has 2 rings (SSSR count). The maximum atomic E-state index is 14.6. The molecule has 1 saturated carbocycles. The van der Waals surface area contributed by atoms with Crippen LogP contribution in [-0.2, 0) is 9.53 Å². The van der Waals surface area contributed by atoms with Crippen LogP contribution in [0.25, 0.3) is 0 Å². The quantitative estimate of drug-likeness (QED) is 0.472. The Balaban J connectivity index is 2.39. The Morgan fingerprint density at radius 3 is 2.60 bits per heavy atom. The fraction of sp³-hybridized carbons (Fsp3) is 0.467. The lowest BCUT2D eigenvalue weighted by atomic mass is 9.94. The third kappa shape index (κ3) is 2.92. The largest absolute Gasteiger partial charge is 0.460 e. The zero-order valence-corrected chi connectivity index (χ0v) is 12.8. The molecule has 20 heavy (non-hydrogen) atoms. The highest BCUT2D eigenvalue weighted by molar-refractivity contribution is 9.10. The third-order valence-corrected chi connectivity index (χ3v) is 4.26. The third-order valence-electron chi connectivity index (χ3n) is 3.60. The Labute approximate surface area is 125 Å². The fourth-order valence-electron chi connectivity index (χ4n) is 2.63. The molecule has 1 fully saturated rings. The van der Waals surface area contributed by atoms with Crippen LogP contribution in [0.3, 0.4) is 0 Å². The summed E-state index contributed by atoms with van der Waals surface area (Å²) in [5.74, 6) is -2.41. The summed E-state index contributed by atoms with van der Waals surface area (Å²) in [4.78, 5) is 23.5. The minimum absolute atomic E-state index is 0.0894. The molecular formula is C15H16BrFO3. The lowest BCUT2D eigenvalue weighted by molar-refractivity contribution is -0.137. The van der Waals surface area contributed by atoms with Crippen molar-refractivity contribution in [1.82, 2.24) is 0 Å². The van der Waals surface area contributed by atoms with Gasteiger partial charge in [-0.15, -0.1) is 0 Å². The molecule has 0 saturated heterocycles. The van der Waals surface area contributed by atoms with Crippen molar-refractivity contribution in [2.24, 2.45) is 0 Å². The summed E-state index contributed by atoms with van der Waals surface area (Å²) in [6.07, 6.45) is 3.99. The molecule has 0 aliphatic heterocycles. The molecule has 1 aliphatic carbocycles. The molecule has 0 aromatic heterocycles. The molecule has 0 radical (unpaired) electrons. The van der Waals surface area contributed by atoms with Crippen molar-refractivity contribution in [3.63, 3.8) is 0 Å². The van der Waals surface area contributed by atoms with Crippen LogP contribution in [0.15, 0.2) is 16.6 Å². The van der Waals surface area contributed by atoms with E-state index in [4.69, 9.17) is 0 Å². The summed E-state index contributed by atoms with van der Waals surface area (Å²) in [5.41, 5.74) is 0.311. The van der Waals surface area contributed by atoms with Crippen LogP contribution in [0.5, 0.6) is 0 Å². The number of esters is 1. The van der Waals surface area contributed by atoms with Crippen molar-refractivity contribution in [2.75, 3.05) is 6.61 Å². The highest BCUT2D eigenvalue weighted by atomic mass is 79.9. The Hall–Kier alpha value is -1.23. The molecule has 0 atom stereocenters. The Bertz CT molecular complexity index is 536. The number of carbonyl (C=O) groups is 2. The zero-order chi connectivity index (χ0) is 14.7. The lowest BCUT2D eigenvalue weighted by Crippen LogP contribution is -2.20. The average molecular weight is 343 g/mol. The first-order valence-corrected chi connectivity index (χ1v) is 7.54. The van der Waals surface area contributed by atoms with Gasteiger partial charge in [-0.1, -0.05) is 18.9 Å². The summed E-state index contributed by atoms with van der Waals surface area (Å²) in [6.45, 7) is 1.69. The van der Waals surface area contributed by atoms with Gasteiger partial charge in [0.25, 0.3) is 5.78 Å². The second kappa shape index (κ2) is 6.48. The van der Waals surface area contributed by atoms with E-state index in [9.17, 15) is 14.0 Å². The SMILES string of the molecule is CCOC(=O)C(=O)c1c(Br)ccc(C2CCCC2)c1F. The Kier molecular flexibility index (Phi) is 4.91. The van der Waals surface area contributed by atoms with E-state index in [0.717, 1.165) is 25.7 Å². The lowest BCUT2D eigenvalue weighted by Gasteiger charge is -2.14. The summed E-state index contributed by atoms with van der Waals surface area (Å²) in [7, 11) is 0. The summed E-state index contributed by atoms with van der Waals surface area (Å²) >= 11 is 3.14. The van der Waals surface area contributed by atoms with Crippen LogP contribution in [0.4, 0.5) is 4.39 Å².